The predicted molar refractivity (Wildman–Crippen MR) is 86.1 cm³/mol. The molecule has 2 rings (SSSR count). The highest BCUT2D eigenvalue weighted by atomic mass is 16.5. The summed E-state index contributed by atoms with van der Waals surface area (Å²) in [6.07, 6.45) is 9.31. The standard InChI is InChI=1S/C19H30O/c1-18(13-8-5-9-14-18)19(2,15-10-16-20-3)17-11-6-4-7-12-17/h4,6-7,11-12H,5,8-10,13-16H2,1-3H3. The second-order valence-electron chi connectivity index (χ2n) is 6.92. The molecule has 1 aromatic rings. The Hall–Kier alpha value is -0.820. The Balaban J connectivity index is 2.27. The molecule has 0 aromatic heterocycles. The summed E-state index contributed by atoms with van der Waals surface area (Å²) in [5.41, 5.74) is 2.22. The summed E-state index contributed by atoms with van der Waals surface area (Å²) >= 11 is 0. The molecule has 1 fully saturated rings. The van der Waals surface area contributed by atoms with Crippen LogP contribution in [0.15, 0.2) is 30.3 Å². The van der Waals surface area contributed by atoms with E-state index < -0.39 is 0 Å². The van der Waals surface area contributed by atoms with Crippen LogP contribution >= 0.6 is 0 Å². The summed E-state index contributed by atoms with van der Waals surface area (Å²) in [5, 5.41) is 0. The van der Waals surface area contributed by atoms with E-state index in [1.807, 2.05) is 7.11 Å². The first kappa shape index (κ1) is 15.6. The molecule has 1 aromatic carbocycles. The smallest absolute Gasteiger partial charge is 0.0462 e. The summed E-state index contributed by atoms with van der Waals surface area (Å²) in [6, 6.07) is 11.2. The molecule has 0 aliphatic heterocycles. The molecule has 0 saturated heterocycles. The molecule has 112 valence electrons. The van der Waals surface area contributed by atoms with Gasteiger partial charge in [-0.05, 0) is 42.1 Å². The van der Waals surface area contributed by atoms with Crippen LogP contribution in [0.5, 0.6) is 0 Å². The highest BCUT2D eigenvalue weighted by Crippen LogP contribution is 2.53. The number of hydrogen-bond donors (Lipinski definition) is 0. The van der Waals surface area contributed by atoms with Gasteiger partial charge >= 0.3 is 0 Å². The van der Waals surface area contributed by atoms with E-state index in [-0.39, 0.29) is 5.41 Å². The minimum atomic E-state index is 0.271. The molecular formula is C19H30O. The molecule has 1 nitrogen and oxygen atoms in total. The zero-order valence-corrected chi connectivity index (χ0v) is 13.5. The van der Waals surface area contributed by atoms with Gasteiger partial charge in [0.25, 0.3) is 0 Å². The summed E-state index contributed by atoms with van der Waals surface area (Å²) in [5.74, 6) is 0. The summed E-state index contributed by atoms with van der Waals surface area (Å²) < 4.78 is 5.29. The third-order valence-corrected chi connectivity index (χ3v) is 5.73. The van der Waals surface area contributed by atoms with E-state index in [1.54, 1.807) is 0 Å². The SMILES string of the molecule is COCCCC(C)(c1ccccc1)C1(C)CCCCC1. The molecule has 1 heteroatoms. The largest absolute Gasteiger partial charge is 0.385 e. The molecule has 20 heavy (non-hydrogen) atoms. The molecular weight excluding hydrogens is 244 g/mol. The highest BCUT2D eigenvalue weighted by Gasteiger charge is 2.45. The van der Waals surface area contributed by atoms with Crippen LogP contribution in [0.4, 0.5) is 0 Å². The Morgan fingerprint density at radius 2 is 1.75 bits per heavy atom. The molecule has 1 aliphatic rings. The normalized spacial score (nSPS) is 21.4. The maximum atomic E-state index is 5.29. The number of benzene rings is 1. The van der Waals surface area contributed by atoms with E-state index in [0.29, 0.717) is 5.41 Å². The van der Waals surface area contributed by atoms with E-state index in [0.717, 1.165) is 13.0 Å². The van der Waals surface area contributed by atoms with Crippen LogP contribution < -0.4 is 0 Å². The Kier molecular flexibility index (Phi) is 5.26. The van der Waals surface area contributed by atoms with Crippen LogP contribution in [0.2, 0.25) is 0 Å². The van der Waals surface area contributed by atoms with Gasteiger partial charge in [0.1, 0.15) is 0 Å². The highest BCUT2D eigenvalue weighted by molar-refractivity contribution is 5.28. The van der Waals surface area contributed by atoms with Crippen molar-refractivity contribution in [2.75, 3.05) is 13.7 Å². The summed E-state index contributed by atoms with van der Waals surface area (Å²) in [4.78, 5) is 0. The van der Waals surface area contributed by atoms with E-state index in [2.05, 4.69) is 44.2 Å². The zero-order valence-electron chi connectivity index (χ0n) is 13.5. The van der Waals surface area contributed by atoms with E-state index >= 15 is 0 Å². The minimum absolute atomic E-state index is 0.271. The number of rotatable bonds is 6. The molecule has 1 atom stereocenters. The minimum Gasteiger partial charge on any atom is -0.385 e. The maximum Gasteiger partial charge on any atom is 0.0462 e. The van der Waals surface area contributed by atoms with Gasteiger partial charge in [-0.1, -0.05) is 63.4 Å². The third kappa shape index (κ3) is 3.09. The lowest BCUT2D eigenvalue weighted by Crippen LogP contribution is -2.43. The first-order chi connectivity index (χ1) is 9.62. The van der Waals surface area contributed by atoms with Crippen molar-refractivity contribution in [2.24, 2.45) is 5.41 Å². The van der Waals surface area contributed by atoms with Gasteiger partial charge in [0, 0.05) is 13.7 Å². The van der Waals surface area contributed by atoms with Gasteiger partial charge in [-0.3, -0.25) is 0 Å². The number of hydrogen-bond acceptors (Lipinski definition) is 1. The van der Waals surface area contributed by atoms with Crippen molar-refractivity contribution in [3.05, 3.63) is 35.9 Å². The topological polar surface area (TPSA) is 9.23 Å². The van der Waals surface area contributed by atoms with Crippen molar-refractivity contribution in [3.8, 4) is 0 Å². The first-order valence-corrected chi connectivity index (χ1v) is 8.17. The van der Waals surface area contributed by atoms with E-state index in [1.165, 1.54) is 44.1 Å². The Labute approximate surface area is 124 Å². The van der Waals surface area contributed by atoms with Crippen LogP contribution in [-0.2, 0) is 10.2 Å². The van der Waals surface area contributed by atoms with Crippen LogP contribution in [0.3, 0.4) is 0 Å². The van der Waals surface area contributed by atoms with Gasteiger partial charge in [0.05, 0.1) is 0 Å². The van der Waals surface area contributed by atoms with Gasteiger partial charge in [-0.25, -0.2) is 0 Å². The Morgan fingerprint density at radius 1 is 1.10 bits per heavy atom. The number of ether oxygens (including phenoxy) is 1. The Morgan fingerprint density at radius 3 is 2.35 bits per heavy atom. The molecule has 0 radical (unpaired) electrons. The molecule has 0 spiro atoms. The second-order valence-corrected chi connectivity index (χ2v) is 6.92. The van der Waals surface area contributed by atoms with Crippen LogP contribution in [0.1, 0.15) is 64.4 Å². The summed E-state index contributed by atoms with van der Waals surface area (Å²) in [7, 11) is 1.81. The van der Waals surface area contributed by atoms with Crippen molar-refractivity contribution in [2.45, 2.75) is 64.2 Å². The van der Waals surface area contributed by atoms with Crippen LogP contribution in [0.25, 0.3) is 0 Å². The van der Waals surface area contributed by atoms with Crippen molar-refractivity contribution in [1.82, 2.24) is 0 Å². The average Bonchev–Trinajstić information content (AvgIpc) is 2.49. The first-order valence-electron chi connectivity index (χ1n) is 8.17. The lowest BCUT2D eigenvalue weighted by Gasteiger charge is -2.50. The van der Waals surface area contributed by atoms with Crippen molar-refractivity contribution >= 4 is 0 Å². The molecule has 0 N–H and O–H groups in total. The van der Waals surface area contributed by atoms with E-state index in [4.69, 9.17) is 4.74 Å². The second kappa shape index (κ2) is 6.76. The predicted octanol–water partition coefficient (Wildman–Crippen LogP) is 5.34. The molecule has 0 heterocycles. The van der Waals surface area contributed by atoms with Gasteiger partial charge in [0.15, 0.2) is 0 Å². The lowest BCUT2D eigenvalue weighted by molar-refractivity contribution is 0.0759. The average molecular weight is 274 g/mol. The molecule has 0 bridgehead atoms. The lowest BCUT2D eigenvalue weighted by atomic mass is 9.55. The fraction of sp³-hybridized carbons (Fsp3) is 0.684. The monoisotopic (exact) mass is 274 g/mol. The maximum absolute atomic E-state index is 5.29. The molecule has 1 aliphatic carbocycles. The van der Waals surface area contributed by atoms with Crippen LogP contribution in [-0.4, -0.2) is 13.7 Å². The molecule has 1 saturated carbocycles. The third-order valence-electron chi connectivity index (χ3n) is 5.73. The zero-order chi connectivity index (χ0) is 14.5. The fourth-order valence-electron chi connectivity index (χ4n) is 4.05. The van der Waals surface area contributed by atoms with Crippen molar-refractivity contribution in [1.29, 1.82) is 0 Å². The van der Waals surface area contributed by atoms with Gasteiger partial charge in [0.2, 0.25) is 0 Å². The van der Waals surface area contributed by atoms with Crippen molar-refractivity contribution in [3.63, 3.8) is 0 Å². The van der Waals surface area contributed by atoms with Gasteiger partial charge in [-0.15, -0.1) is 0 Å². The number of methoxy groups -OCH3 is 1. The fourth-order valence-corrected chi connectivity index (χ4v) is 4.05. The van der Waals surface area contributed by atoms with E-state index in [9.17, 15) is 0 Å². The summed E-state index contributed by atoms with van der Waals surface area (Å²) in [6.45, 7) is 5.88. The quantitative estimate of drug-likeness (QED) is 0.636. The molecule has 1 unspecified atom stereocenters. The molecule has 0 amide bonds. The Bertz CT molecular complexity index is 391. The van der Waals surface area contributed by atoms with Gasteiger partial charge < -0.3 is 4.74 Å². The van der Waals surface area contributed by atoms with Gasteiger partial charge in [-0.2, -0.15) is 0 Å². The van der Waals surface area contributed by atoms with Crippen LogP contribution in [0, 0.1) is 5.41 Å². The van der Waals surface area contributed by atoms with Crippen molar-refractivity contribution < 1.29 is 4.74 Å².